The normalized spacial score (nSPS) is 12.9. The second-order valence-corrected chi connectivity index (χ2v) is 6.33. The summed E-state index contributed by atoms with van der Waals surface area (Å²) in [5.74, 6) is -1.44. The summed E-state index contributed by atoms with van der Waals surface area (Å²) >= 11 is 11.2. The van der Waals surface area contributed by atoms with Gasteiger partial charge in [0.15, 0.2) is 0 Å². The Kier molecular flexibility index (Phi) is 6.11. The van der Waals surface area contributed by atoms with E-state index in [9.17, 15) is 49.6 Å². The fourth-order valence-corrected chi connectivity index (χ4v) is 2.78. The second kappa shape index (κ2) is 7.68. The summed E-state index contributed by atoms with van der Waals surface area (Å²) in [7, 11) is 0. The van der Waals surface area contributed by atoms with Gasteiger partial charge < -0.3 is 5.32 Å². The number of nitro groups is 1. The molecule has 0 atom stereocenters. The van der Waals surface area contributed by atoms with Gasteiger partial charge in [0, 0.05) is 0 Å². The van der Waals surface area contributed by atoms with E-state index in [1.165, 1.54) is 0 Å². The van der Waals surface area contributed by atoms with Crippen LogP contribution in [0.25, 0.3) is 0 Å². The lowest BCUT2D eigenvalue weighted by Gasteiger charge is -2.15. The van der Waals surface area contributed by atoms with Gasteiger partial charge in [-0.25, -0.2) is 4.68 Å². The minimum Gasteiger partial charge on any atom is -0.332 e. The summed E-state index contributed by atoms with van der Waals surface area (Å²) in [5, 5.41) is 13.8. The highest BCUT2D eigenvalue weighted by Gasteiger charge is 2.47. The summed E-state index contributed by atoms with van der Waals surface area (Å²) < 4.78 is 115. The van der Waals surface area contributed by atoms with Gasteiger partial charge in [-0.15, -0.1) is 0 Å². The van der Waals surface area contributed by atoms with E-state index in [1.54, 1.807) is 5.32 Å². The van der Waals surface area contributed by atoms with Crippen LogP contribution < -0.4 is 5.32 Å². The molecular weight excluding hydrogens is 486 g/mol. The molecule has 1 N–H and O–H groups in total. The molecule has 0 bridgehead atoms. The van der Waals surface area contributed by atoms with Gasteiger partial charge >= 0.3 is 24.2 Å². The molecule has 0 spiro atoms. The molecule has 2 aromatic rings. The summed E-state index contributed by atoms with van der Waals surface area (Å²) in [5.41, 5.74) is -6.35. The Bertz CT molecular complexity index is 960. The Hall–Kier alpha value is -2.42. The zero-order valence-corrected chi connectivity index (χ0v) is 15.2. The second-order valence-electron chi connectivity index (χ2n) is 5.51. The lowest BCUT2D eigenvalue weighted by molar-refractivity contribution is -0.387. The number of nitrogens with zero attached hydrogens (tertiary/aromatic N) is 3. The molecule has 0 saturated carbocycles. The molecule has 30 heavy (non-hydrogen) atoms. The molecule has 0 radical (unpaired) electrons. The molecule has 17 heteroatoms. The topological polar surface area (TPSA) is 73.0 Å². The molecule has 1 heterocycles. The van der Waals surface area contributed by atoms with E-state index in [-0.39, 0.29) is 12.1 Å². The van der Waals surface area contributed by atoms with Crippen molar-refractivity contribution in [1.29, 1.82) is 0 Å². The quantitative estimate of drug-likeness (QED) is 0.304. The SMILES string of the molecule is O=[N+]([O-])c1c(C(F)(F)F)nn(CC(F)(F)F)c1Nc1c(Cl)cc(C(F)(F)F)cc1Cl. The predicted octanol–water partition coefficient (Wildman–Crippen LogP) is 6.44. The average molecular weight is 491 g/mol. The third kappa shape index (κ3) is 5.19. The van der Waals surface area contributed by atoms with E-state index in [0.717, 1.165) is 0 Å². The highest BCUT2D eigenvalue weighted by Crippen LogP contribution is 2.44. The molecule has 2 rings (SSSR count). The summed E-state index contributed by atoms with van der Waals surface area (Å²) in [6.07, 6.45) is -15.6. The van der Waals surface area contributed by atoms with E-state index in [2.05, 4.69) is 5.10 Å². The van der Waals surface area contributed by atoms with Crippen LogP contribution in [0.4, 0.5) is 56.7 Å². The first-order valence-corrected chi connectivity index (χ1v) is 7.90. The van der Waals surface area contributed by atoms with Gasteiger partial charge in [0.25, 0.3) is 0 Å². The Balaban J connectivity index is 2.72. The van der Waals surface area contributed by atoms with Crippen molar-refractivity contribution in [2.24, 2.45) is 0 Å². The van der Waals surface area contributed by atoms with Crippen LogP contribution in [0.15, 0.2) is 12.1 Å². The third-order valence-corrected chi connectivity index (χ3v) is 3.92. The molecule has 0 aliphatic carbocycles. The molecule has 0 saturated heterocycles. The highest BCUT2D eigenvalue weighted by atomic mass is 35.5. The number of halogens is 11. The number of alkyl halides is 9. The van der Waals surface area contributed by atoms with E-state index >= 15 is 0 Å². The van der Waals surface area contributed by atoms with Crippen molar-refractivity contribution in [1.82, 2.24) is 9.78 Å². The summed E-state index contributed by atoms with van der Waals surface area (Å²) in [6, 6.07) is 0.549. The van der Waals surface area contributed by atoms with Crippen LogP contribution >= 0.6 is 23.2 Å². The van der Waals surface area contributed by atoms with Crippen LogP contribution in [0.3, 0.4) is 0 Å². The van der Waals surface area contributed by atoms with Crippen LogP contribution in [0, 0.1) is 10.1 Å². The van der Waals surface area contributed by atoms with E-state index < -0.39 is 73.2 Å². The minimum atomic E-state index is -5.52. The summed E-state index contributed by atoms with van der Waals surface area (Å²) in [4.78, 5) is 9.47. The number of rotatable bonds is 4. The molecule has 1 aromatic carbocycles. The molecule has 1 aromatic heterocycles. The van der Waals surface area contributed by atoms with Crippen LogP contribution in [0.5, 0.6) is 0 Å². The molecule has 6 nitrogen and oxygen atoms in total. The third-order valence-electron chi connectivity index (χ3n) is 3.32. The van der Waals surface area contributed by atoms with Gasteiger partial charge in [0.05, 0.1) is 26.2 Å². The number of benzene rings is 1. The minimum absolute atomic E-state index is 0.275. The monoisotopic (exact) mass is 490 g/mol. The van der Waals surface area contributed by atoms with Crippen molar-refractivity contribution in [3.8, 4) is 0 Å². The number of nitrogens with one attached hydrogen (secondary N) is 1. The Morgan fingerprint density at radius 1 is 1.00 bits per heavy atom. The lowest BCUT2D eigenvalue weighted by atomic mass is 10.2. The first kappa shape index (κ1) is 23.9. The van der Waals surface area contributed by atoms with Crippen LogP contribution in [-0.4, -0.2) is 20.9 Å². The van der Waals surface area contributed by atoms with Crippen molar-refractivity contribution in [2.75, 3.05) is 5.32 Å². The first-order chi connectivity index (χ1) is 13.4. The maximum absolute atomic E-state index is 13.0. The predicted molar refractivity (Wildman–Crippen MR) is 84.7 cm³/mol. The highest BCUT2D eigenvalue weighted by molar-refractivity contribution is 6.39. The Morgan fingerprint density at radius 2 is 1.50 bits per heavy atom. The van der Waals surface area contributed by atoms with Crippen molar-refractivity contribution >= 4 is 40.4 Å². The molecule has 0 aliphatic heterocycles. The largest absolute Gasteiger partial charge is 0.442 e. The van der Waals surface area contributed by atoms with Gasteiger partial charge in [-0.3, -0.25) is 10.1 Å². The van der Waals surface area contributed by atoms with Crippen LogP contribution in [0.2, 0.25) is 10.0 Å². The van der Waals surface area contributed by atoms with Crippen molar-refractivity contribution < 1.29 is 44.4 Å². The van der Waals surface area contributed by atoms with E-state index in [0.29, 0.717) is 0 Å². The Labute approximate surface area is 169 Å². The standard InChI is InChI=1S/C13H5Cl2F9N4O2/c14-5-1-4(12(19,20)21)2-6(15)7(5)25-10-8(28(29)30)9(13(22,23)24)26-27(10)3-11(16,17)18/h1-2,25H,3H2. The zero-order chi connectivity index (χ0) is 23.2. The Morgan fingerprint density at radius 3 is 1.87 bits per heavy atom. The van der Waals surface area contributed by atoms with Crippen molar-refractivity contribution in [3.05, 3.63) is 43.5 Å². The maximum atomic E-state index is 13.0. The number of aromatic nitrogens is 2. The van der Waals surface area contributed by atoms with E-state index in [1.807, 2.05) is 0 Å². The van der Waals surface area contributed by atoms with Crippen LogP contribution in [-0.2, 0) is 18.9 Å². The van der Waals surface area contributed by atoms with Gasteiger partial charge in [0.2, 0.25) is 11.5 Å². The van der Waals surface area contributed by atoms with Gasteiger partial charge in [0.1, 0.15) is 6.54 Å². The smallest absolute Gasteiger partial charge is 0.332 e. The molecule has 166 valence electrons. The molecule has 0 aliphatic rings. The molecule has 0 amide bonds. The van der Waals surface area contributed by atoms with Gasteiger partial charge in [-0.2, -0.15) is 44.6 Å². The number of hydrogen-bond acceptors (Lipinski definition) is 4. The molecular formula is C13H5Cl2F9N4O2. The zero-order valence-electron chi connectivity index (χ0n) is 13.7. The maximum Gasteiger partial charge on any atom is 0.442 e. The summed E-state index contributed by atoms with van der Waals surface area (Å²) in [6.45, 7) is -2.19. The average Bonchev–Trinajstić information content (AvgIpc) is 2.86. The van der Waals surface area contributed by atoms with Gasteiger partial charge in [-0.1, -0.05) is 23.2 Å². The fraction of sp³-hybridized carbons (Fsp3) is 0.308. The molecule has 0 unspecified atom stereocenters. The van der Waals surface area contributed by atoms with E-state index in [4.69, 9.17) is 23.2 Å². The first-order valence-electron chi connectivity index (χ1n) is 7.14. The lowest BCUT2D eigenvalue weighted by Crippen LogP contribution is -2.20. The van der Waals surface area contributed by atoms with Gasteiger partial charge in [-0.05, 0) is 12.1 Å². The molecule has 0 fully saturated rings. The fourth-order valence-electron chi connectivity index (χ4n) is 2.20. The number of anilines is 2. The number of hydrogen-bond donors (Lipinski definition) is 1. The van der Waals surface area contributed by atoms with Crippen molar-refractivity contribution in [3.63, 3.8) is 0 Å². The van der Waals surface area contributed by atoms with Crippen molar-refractivity contribution in [2.45, 2.75) is 25.1 Å². The van der Waals surface area contributed by atoms with Crippen LogP contribution in [0.1, 0.15) is 11.3 Å².